The number of nitrogens with zero attached hydrogens (tertiary/aromatic N) is 4. The molecule has 1 aliphatic rings. The molecule has 0 spiro atoms. The van der Waals surface area contributed by atoms with E-state index in [1.54, 1.807) is 18.3 Å². The second-order valence-corrected chi connectivity index (χ2v) is 7.69. The van der Waals surface area contributed by atoms with Gasteiger partial charge in [0, 0.05) is 16.5 Å². The number of thiophene rings is 1. The van der Waals surface area contributed by atoms with Gasteiger partial charge in [0.15, 0.2) is 5.75 Å². The number of aromatic nitrogens is 2. The largest absolute Gasteiger partial charge is 0.500 e. The standard InChI is InChI=1S/C19H18N4O5S/c1-2-28-14-8-11(7-13(17(14)24)23(26)27)9-21-22-10-20-18-16(19(22)25)12-5-3-4-6-15(12)29-18/h7-10,24H,2-6H2,1H3/b21-9+. The van der Waals surface area contributed by atoms with Crippen molar-refractivity contribution in [1.29, 1.82) is 0 Å². The van der Waals surface area contributed by atoms with Gasteiger partial charge >= 0.3 is 5.69 Å². The molecule has 0 saturated heterocycles. The molecule has 29 heavy (non-hydrogen) atoms. The molecule has 1 aromatic carbocycles. The number of hydrogen-bond acceptors (Lipinski definition) is 8. The first-order chi connectivity index (χ1) is 14.0. The maximum absolute atomic E-state index is 12.9. The zero-order valence-electron chi connectivity index (χ0n) is 15.6. The van der Waals surface area contributed by atoms with Crippen molar-refractivity contribution >= 4 is 33.5 Å². The summed E-state index contributed by atoms with van der Waals surface area (Å²) in [5, 5.41) is 25.9. The first-order valence-electron chi connectivity index (χ1n) is 9.20. The van der Waals surface area contributed by atoms with Gasteiger partial charge in [-0.15, -0.1) is 11.3 Å². The number of phenols is 1. The highest BCUT2D eigenvalue weighted by atomic mass is 32.1. The normalized spacial score (nSPS) is 13.7. The lowest BCUT2D eigenvalue weighted by Gasteiger charge is -2.09. The minimum Gasteiger partial charge on any atom is -0.500 e. The number of hydrogen-bond donors (Lipinski definition) is 1. The van der Waals surface area contributed by atoms with Gasteiger partial charge in [-0.1, -0.05) is 0 Å². The summed E-state index contributed by atoms with van der Waals surface area (Å²) in [5.74, 6) is -0.560. The fourth-order valence-electron chi connectivity index (χ4n) is 3.44. The topological polar surface area (TPSA) is 120 Å². The molecule has 0 amide bonds. The predicted octanol–water partition coefficient (Wildman–Crippen LogP) is 3.23. The first kappa shape index (κ1) is 19.1. The molecule has 0 fully saturated rings. The lowest BCUT2D eigenvalue weighted by molar-refractivity contribution is -0.386. The van der Waals surface area contributed by atoms with Gasteiger partial charge in [-0.25, -0.2) is 4.98 Å². The highest BCUT2D eigenvalue weighted by Gasteiger charge is 2.21. The van der Waals surface area contributed by atoms with Gasteiger partial charge in [-0.3, -0.25) is 14.9 Å². The molecule has 0 bridgehead atoms. The summed E-state index contributed by atoms with van der Waals surface area (Å²) >= 11 is 1.56. The fourth-order valence-corrected chi connectivity index (χ4v) is 4.66. The van der Waals surface area contributed by atoms with Gasteiger partial charge in [-0.2, -0.15) is 9.78 Å². The van der Waals surface area contributed by atoms with Crippen molar-refractivity contribution in [2.24, 2.45) is 5.10 Å². The summed E-state index contributed by atoms with van der Waals surface area (Å²) in [6, 6.07) is 2.60. The molecule has 9 nitrogen and oxygen atoms in total. The van der Waals surface area contributed by atoms with Crippen LogP contribution < -0.4 is 10.3 Å². The number of rotatable bonds is 5. The van der Waals surface area contributed by atoms with Crippen LogP contribution in [0.3, 0.4) is 0 Å². The van der Waals surface area contributed by atoms with Crippen LogP contribution in [-0.2, 0) is 12.8 Å². The van der Waals surface area contributed by atoms with Crippen molar-refractivity contribution in [3.8, 4) is 11.5 Å². The van der Waals surface area contributed by atoms with Crippen LogP contribution in [0.1, 0.15) is 35.8 Å². The van der Waals surface area contributed by atoms with Crippen molar-refractivity contribution < 1.29 is 14.8 Å². The number of aromatic hydroxyl groups is 1. The van der Waals surface area contributed by atoms with E-state index in [1.165, 1.54) is 29.6 Å². The van der Waals surface area contributed by atoms with Crippen LogP contribution in [0.5, 0.6) is 11.5 Å². The van der Waals surface area contributed by atoms with Crippen molar-refractivity contribution in [2.75, 3.05) is 6.61 Å². The zero-order valence-corrected chi connectivity index (χ0v) is 16.4. The van der Waals surface area contributed by atoms with Gasteiger partial charge in [0.25, 0.3) is 5.56 Å². The number of nitro groups is 1. The third-order valence-corrected chi connectivity index (χ3v) is 5.96. The quantitative estimate of drug-likeness (QED) is 0.389. The van der Waals surface area contributed by atoms with E-state index in [0.717, 1.165) is 35.9 Å². The molecule has 0 radical (unpaired) electrons. The third-order valence-electron chi connectivity index (χ3n) is 4.76. The molecule has 4 rings (SSSR count). The lowest BCUT2D eigenvalue weighted by atomic mass is 9.97. The van der Waals surface area contributed by atoms with E-state index < -0.39 is 16.4 Å². The van der Waals surface area contributed by atoms with Gasteiger partial charge in [-0.05, 0) is 44.2 Å². The van der Waals surface area contributed by atoms with Crippen LogP contribution in [-0.4, -0.2) is 32.5 Å². The van der Waals surface area contributed by atoms with Crippen LogP contribution >= 0.6 is 11.3 Å². The monoisotopic (exact) mass is 414 g/mol. The van der Waals surface area contributed by atoms with Crippen LogP contribution in [0.25, 0.3) is 10.2 Å². The summed E-state index contributed by atoms with van der Waals surface area (Å²) in [6.45, 7) is 1.93. The Morgan fingerprint density at radius 3 is 2.97 bits per heavy atom. The minimum atomic E-state index is -0.702. The Labute approximate surface area is 169 Å². The summed E-state index contributed by atoms with van der Waals surface area (Å²) in [4.78, 5) is 29.7. The average Bonchev–Trinajstić information content (AvgIpc) is 3.09. The summed E-state index contributed by atoms with van der Waals surface area (Å²) in [7, 11) is 0. The van der Waals surface area contributed by atoms with Crippen molar-refractivity contribution in [2.45, 2.75) is 32.6 Å². The van der Waals surface area contributed by atoms with Crippen molar-refractivity contribution in [3.63, 3.8) is 0 Å². The Morgan fingerprint density at radius 1 is 1.41 bits per heavy atom. The van der Waals surface area contributed by atoms with Crippen LogP contribution in [0.4, 0.5) is 5.69 Å². The Morgan fingerprint density at radius 2 is 2.21 bits per heavy atom. The summed E-state index contributed by atoms with van der Waals surface area (Å²) < 4.78 is 6.39. The summed E-state index contributed by atoms with van der Waals surface area (Å²) in [5.41, 5.74) is 0.628. The van der Waals surface area contributed by atoms with E-state index in [0.29, 0.717) is 15.8 Å². The van der Waals surface area contributed by atoms with Gasteiger partial charge < -0.3 is 9.84 Å². The molecule has 1 aliphatic carbocycles. The maximum Gasteiger partial charge on any atom is 0.315 e. The second kappa shape index (κ2) is 7.63. The van der Waals surface area contributed by atoms with E-state index in [9.17, 15) is 20.0 Å². The molecule has 0 unspecified atom stereocenters. The minimum absolute atomic E-state index is 0.0176. The molecule has 2 aromatic heterocycles. The Bertz CT molecular complexity index is 1200. The van der Waals surface area contributed by atoms with Gasteiger partial charge in [0.1, 0.15) is 11.2 Å². The summed E-state index contributed by atoms with van der Waals surface area (Å²) in [6.07, 6.45) is 6.66. The first-order valence-corrected chi connectivity index (χ1v) is 10.0. The van der Waals surface area contributed by atoms with Crippen LogP contribution in [0, 0.1) is 10.1 Å². The molecular formula is C19H18N4O5S. The maximum atomic E-state index is 12.9. The van der Waals surface area contributed by atoms with E-state index in [4.69, 9.17) is 4.74 Å². The smallest absolute Gasteiger partial charge is 0.315 e. The molecule has 0 aliphatic heterocycles. The highest BCUT2D eigenvalue weighted by Crippen LogP contribution is 2.37. The Balaban J connectivity index is 1.76. The van der Waals surface area contributed by atoms with E-state index >= 15 is 0 Å². The zero-order chi connectivity index (χ0) is 20.5. The second-order valence-electron chi connectivity index (χ2n) is 6.61. The lowest BCUT2D eigenvalue weighted by Crippen LogP contribution is -2.18. The number of fused-ring (bicyclic) bond motifs is 3. The number of aryl methyl sites for hydroxylation is 2. The number of benzene rings is 1. The van der Waals surface area contributed by atoms with Crippen molar-refractivity contribution in [1.82, 2.24) is 9.66 Å². The number of nitro benzene ring substituents is 1. The van der Waals surface area contributed by atoms with E-state index in [-0.39, 0.29) is 17.9 Å². The highest BCUT2D eigenvalue weighted by molar-refractivity contribution is 7.18. The molecule has 3 aromatic rings. The number of ether oxygens (including phenoxy) is 1. The van der Waals surface area contributed by atoms with Gasteiger partial charge in [0.05, 0.1) is 23.1 Å². The molecule has 150 valence electrons. The molecule has 1 N–H and O–H groups in total. The predicted molar refractivity (Wildman–Crippen MR) is 109 cm³/mol. The van der Waals surface area contributed by atoms with Crippen LogP contribution in [0.15, 0.2) is 28.4 Å². The van der Waals surface area contributed by atoms with Gasteiger partial charge in [0.2, 0.25) is 5.75 Å². The molecule has 2 heterocycles. The molecule has 10 heteroatoms. The molecular weight excluding hydrogens is 396 g/mol. The van der Waals surface area contributed by atoms with Crippen LogP contribution in [0.2, 0.25) is 0 Å². The Kier molecular flexibility index (Phi) is 5.01. The average molecular weight is 414 g/mol. The number of phenolic OH excluding ortho intramolecular Hbond substituents is 1. The molecule has 0 atom stereocenters. The SMILES string of the molecule is CCOc1cc(/C=N/n2cnc3sc4c(c3c2=O)CCCC4)cc([N+](=O)[O-])c1O. The Hall–Kier alpha value is -3.27. The fraction of sp³-hybridized carbons (Fsp3) is 0.316. The van der Waals surface area contributed by atoms with Crippen molar-refractivity contribution in [3.05, 3.63) is 54.9 Å². The van der Waals surface area contributed by atoms with E-state index in [1.807, 2.05) is 0 Å². The molecule has 0 saturated carbocycles. The van der Waals surface area contributed by atoms with E-state index in [2.05, 4.69) is 10.1 Å². The third kappa shape index (κ3) is 3.46.